The first-order valence-electron chi connectivity index (χ1n) is 8.51. The van der Waals surface area contributed by atoms with Crippen molar-refractivity contribution in [2.45, 2.75) is 44.9 Å². The van der Waals surface area contributed by atoms with Crippen molar-refractivity contribution in [2.24, 2.45) is 5.73 Å². The van der Waals surface area contributed by atoms with Crippen LogP contribution in [0.15, 0.2) is 35.9 Å². The lowest BCUT2D eigenvalue weighted by Crippen LogP contribution is -2.30. The summed E-state index contributed by atoms with van der Waals surface area (Å²) in [4.78, 5) is 24.8. The number of hydrogen-bond donors (Lipinski definition) is 2. The molecular weight excluding hydrogens is 336 g/mol. The fourth-order valence-corrected chi connectivity index (χ4v) is 3.31. The third-order valence-electron chi connectivity index (χ3n) is 4.00. The van der Waals surface area contributed by atoms with Crippen molar-refractivity contribution in [1.29, 1.82) is 0 Å². The number of ketones is 1. The van der Waals surface area contributed by atoms with Crippen molar-refractivity contribution < 1.29 is 14.7 Å². The highest BCUT2D eigenvalue weighted by molar-refractivity contribution is 8.02. The Labute approximate surface area is 154 Å². The largest absolute Gasteiger partial charge is 0.480 e. The minimum atomic E-state index is -1.07. The van der Waals surface area contributed by atoms with Gasteiger partial charge in [-0.3, -0.25) is 9.59 Å². The summed E-state index contributed by atoms with van der Waals surface area (Å²) < 4.78 is 0. The van der Waals surface area contributed by atoms with Gasteiger partial charge >= 0.3 is 5.97 Å². The monoisotopic (exact) mass is 364 g/mol. The molecule has 1 aromatic rings. The van der Waals surface area contributed by atoms with Crippen LogP contribution in [0.1, 0.15) is 37.8 Å². The summed E-state index contributed by atoms with van der Waals surface area (Å²) in [5, 5.41) is 9.79. The molecule has 0 bridgehead atoms. The van der Waals surface area contributed by atoms with Crippen LogP contribution >= 0.6 is 11.8 Å². The van der Waals surface area contributed by atoms with Crippen molar-refractivity contribution in [2.75, 3.05) is 13.1 Å². The van der Waals surface area contributed by atoms with Gasteiger partial charge in [-0.15, -0.1) is 11.8 Å². The van der Waals surface area contributed by atoms with Crippen molar-refractivity contribution in [1.82, 2.24) is 4.90 Å². The third-order valence-corrected chi connectivity index (χ3v) is 5.07. The number of rotatable bonds is 12. The first-order chi connectivity index (χ1) is 11.9. The van der Waals surface area contributed by atoms with Crippen LogP contribution < -0.4 is 5.73 Å². The maximum Gasteiger partial charge on any atom is 0.320 e. The number of thioether (sulfide) groups is 1. The molecule has 0 radical (unpaired) electrons. The van der Waals surface area contributed by atoms with Gasteiger partial charge in [-0.1, -0.05) is 30.8 Å². The second kappa shape index (κ2) is 10.9. The lowest BCUT2D eigenvalue weighted by Gasteiger charge is -2.22. The number of benzene rings is 1. The molecule has 25 heavy (non-hydrogen) atoms. The number of Topliss-reactive ketones (excluding diaryl/α,β-unsaturated/α-hetero) is 1. The van der Waals surface area contributed by atoms with Gasteiger partial charge < -0.3 is 15.7 Å². The summed E-state index contributed by atoms with van der Waals surface area (Å²) in [6.45, 7) is 10.2. The Morgan fingerprint density at radius 2 is 1.76 bits per heavy atom. The normalized spacial score (nSPS) is 11.8. The zero-order valence-electron chi connectivity index (χ0n) is 15.0. The number of nitrogens with zero attached hydrogens (tertiary/aromatic N) is 1. The van der Waals surface area contributed by atoms with E-state index in [0.29, 0.717) is 6.42 Å². The predicted molar refractivity (Wildman–Crippen MR) is 103 cm³/mol. The van der Waals surface area contributed by atoms with E-state index in [1.807, 2.05) is 24.3 Å². The second-order valence-corrected chi connectivity index (χ2v) is 6.92. The molecule has 1 rings (SSSR count). The summed E-state index contributed by atoms with van der Waals surface area (Å²) >= 11 is 1.72. The Bertz CT molecular complexity index is 583. The fraction of sp³-hybridized carbons (Fsp3) is 0.474. The lowest BCUT2D eigenvalue weighted by molar-refractivity contribution is -0.138. The Balaban J connectivity index is 2.44. The van der Waals surface area contributed by atoms with Crippen LogP contribution in [0.2, 0.25) is 0 Å². The highest BCUT2D eigenvalue weighted by Gasteiger charge is 2.13. The summed E-state index contributed by atoms with van der Waals surface area (Å²) in [5.74, 6) is -0.216. The van der Waals surface area contributed by atoms with Crippen LogP contribution in [0.25, 0.3) is 0 Å². The average molecular weight is 365 g/mol. The quantitative estimate of drug-likeness (QED) is 0.593. The number of carboxylic acid groups (broad SMARTS) is 1. The van der Waals surface area contributed by atoms with Gasteiger partial charge in [-0.2, -0.15) is 0 Å². The van der Waals surface area contributed by atoms with E-state index in [1.165, 1.54) is 5.56 Å². The van der Waals surface area contributed by atoms with Crippen LogP contribution in [-0.2, 0) is 21.8 Å². The molecule has 0 unspecified atom stereocenters. The van der Waals surface area contributed by atoms with E-state index in [1.54, 1.807) is 11.8 Å². The number of carbonyl (C=O) groups is 2. The maximum atomic E-state index is 11.9. The zero-order valence-corrected chi connectivity index (χ0v) is 15.8. The molecule has 0 aromatic heterocycles. The second-order valence-electron chi connectivity index (χ2n) is 5.87. The van der Waals surface area contributed by atoms with Gasteiger partial charge in [0.05, 0.1) is 5.03 Å². The number of hydrogen-bond acceptors (Lipinski definition) is 5. The number of nitrogens with two attached hydrogens (primary N) is 1. The van der Waals surface area contributed by atoms with E-state index in [0.717, 1.165) is 29.4 Å². The van der Waals surface area contributed by atoms with Crippen molar-refractivity contribution >= 4 is 23.5 Å². The predicted octanol–water partition coefficient (Wildman–Crippen LogP) is 3.04. The first kappa shape index (κ1) is 21.3. The Kier molecular flexibility index (Phi) is 9.31. The van der Waals surface area contributed by atoms with Crippen LogP contribution in [0.4, 0.5) is 0 Å². The smallest absolute Gasteiger partial charge is 0.320 e. The molecule has 6 heteroatoms. The van der Waals surface area contributed by atoms with Gasteiger partial charge in [0.2, 0.25) is 0 Å². The SMILES string of the molecule is C=C(SCc1ccc(CC(=O)CC[C@H](N)C(=O)O)cc1)N(CC)CC. The van der Waals surface area contributed by atoms with Gasteiger partial charge in [0.25, 0.3) is 0 Å². The van der Waals surface area contributed by atoms with Crippen molar-refractivity contribution in [3.8, 4) is 0 Å². The summed E-state index contributed by atoms with van der Waals surface area (Å²) in [6.07, 6.45) is 0.678. The van der Waals surface area contributed by atoms with E-state index >= 15 is 0 Å². The molecular formula is C19H28N2O3S. The van der Waals surface area contributed by atoms with Crippen LogP contribution in [0.5, 0.6) is 0 Å². The summed E-state index contributed by atoms with van der Waals surface area (Å²) in [5.41, 5.74) is 7.53. The van der Waals surface area contributed by atoms with E-state index in [9.17, 15) is 9.59 Å². The molecule has 0 aliphatic carbocycles. The van der Waals surface area contributed by atoms with Crippen molar-refractivity contribution in [3.63, 3.8) is 0 Å². The van der Waals surface area contributed by atoms with E-state index < -0.39 is 12.0 Å². The molecule has 0 spiro atoms. The minimum Gasteiger partial charge on any atom is -0.480 e. The molecule has 0 heterocycles. The number of aliphatic carboxylic acids is 1. The highest BCUT2D eigenvalue weighted by atomic mass is 32.2. The maximum absolute atomic E-state index is 11.9. The van der Waals surface area contributed by atoms with E-state index in [-0.39, 0.29) is 18.6 Å². The van der Waals surface area contributed by atoms with E-state index in [4.69, 9.17) is 10.8 Å². The minimum absolute atomic E-state index is 0.00809. The lowest BCUT2D eigenvalue weighted by atomic mass is 10.0. The van der Waals surface area contributed by atoms with Gasteiger partial charge in [-0.25, -0.2) is 0 Å². The third kappa shape index (κ3) is 7.75. The molecule has 0 fully saturated rings. The molecule has 3 N–H and O–H groups in total. The molecule has 0 saturated carbocycles. The molecule has 0 aliphatic heterocycles. The molecule has 0 aliphatic rings. The van der Waals surface area contributed by atoms with Crippen LogP contribution in [-0.4, -0.2) is 40.9 Å². The molecule has 138 valence electrons. The Hall–Kier alpha value is -1.79. The van der Waals surface area contributed by atoms with Crippen LogP contribution in [0.3, 0.4) is 0 Å². The Morgan fingerprint density at radius 3 is 2.28 bits per heavy atom. The topological polar surface area (TPSA) is 83.6 Å². The molecule has 1 atom stereocenters. The average Bonchev–Trinajstić information content (AvgIpc) is 2.60. The van der Waals surface area contributed by atoms with Gasteiger partial charge in [0.1, 0.15) is 11.8 Å². The number of carbonyl (C=O) groups excluding carboxylic acids is 1. The molecule has 5 nitrogen and oxygen atoms in total. The van der Waals surface area contributed by atoms with Gasteiger partial charge in [0.15, 0.2) is 0 Å². The summed E-state index contributed by atoms with van der Waals surface area (Å²) in [6, 6.07) is 6.97. The standard InChI is InChI=1S/C19H28N2O3S/c1-4-21(5-2)14(3)25-13-16-8-6-15(7-9-16)12-17(22)10-11-18(20)19(23)24/h6-9,18H,3-5,10-13,20H2,1-2H3,(H,23,24)/t18-/m0/s1. The van der Waals surface area contributed by atoms with Crippen molar-refractivity contribution in [3.05, 3.63) is 47.0 Å². The fourth-order valence-electron chi connectivity index (χ4n) is 2.34. The van der Waals surface area contributed by atoms with Crippen LogP contribution in [0, 0.1) is 0 Å². The summed E-state index contributed by atoms with van der Waals surface area (Å²) in [7, 11) is 0. The molecule has 0 saturated heterocycles. The molecule has 0 amide bonds. The molecule has 1 aromatic carbocycles. The zero-order chi connectivity index (χ0) is 18.8. The van der Waals surface area contributed by atoms with Gasteiger partial charge in [0, 0.05) is 31.7 Å². The Morgan fingerprint density at radius 1 is 1.20 bits per heavy atom. The highest BCUT2D eigenvalue weighted by Crippen LogP contribution is 2.23. The first-order valence-corrected chi connectivity index (χ1v) is 9.50. The van der Waals surface area contributed by atoms with E-state index in [2.05, 4.69) is 25.3 Å². The number of carboxylic acids is 1. The van der Waals surface area contributed by atoms with Gasteiger partial charge in [-0.05, 0) is 31.4 Å².